The first-order chi connectivity index (χ1) is 20.7. The average Bonchev–Trinajstić information content (AvgIpc) is 2.97. The molecular weight excluding hydrogens is 609 g/mol. The first-order valence-corrected chi connectivity index (χ1v) is 19.8. The number of pyridine rings is 1. The fourth-order valence-electron chi connectivity index (χ4n) is 4.68. The number of benzene rings is 3. The van der Waals surface area contributed by atoms with Crippen LogP contribution in [0, 0.1) is 6.55 Å². The summed E-state index contributed by atoms with van der Waals surface area (Å²) in [5.41, 5.74) is 8.50. The Bertz CT molecular complexity index is 1210. The number of hydrogen-bond donors (Lipinski definition) is 0. The molecule has 0 aliphatic rings. The predicted octanol–water partition coefficient (Wildman–Crippen LogP) is 13.4. The molecule has 0 saturated heterocycles. The molecule has 45 heavy (non-hydrogen) atoms. The third-order valence-electron chi connectivity index (χ3n) is 6.85. The van der Waals surface area contributed by atoms with Crippen molar-refractivity contribution in [2.24, 2.45) is 0 Å². The molecule has 3 aromatic carbocycles. The molecule has 3 nitrogen and oxygen atoms in total. The van der Waals surface area contributed by atoms with Crippen molar-refractivity contribution in [3.8, 4) is 0 Å². The number of hydrogen-bond acceptors (Lipinski definition) is 1. The van der Waals surface area contributed by atoms with Crippen LogP contribution in [0.4, 0.5) is 11.4 Å². The summed E-state index contributed by atoms with van der Waals surface area (Å²) in [5.74, 6) is 1.59. The van der Waals surface area contributed by atoms with Crippen LogP contribution in [0.3, 0.4) is 0 Å². The third kappa shape index (κ3) is 14.0. The minimum Gasteiger partial charge on any atom is -0.693 e. The van der Waals surface area contributed by atoms with Crippen molar-refractivity contribution in [1.82, 2.24) is 4.98 Å². The van der Waals surface area contributed by atoms with E-state index in [2.05, 4.69) is 153 Å². The van der Waals surface area contributed by atoms with Crippen molar-refractivity contribution in [1.29, 1.82) is 0 Å². The summed E-state index contributed by atoms with van der Waals surface area (Å²) in [4.78, 5) is 3.78. The third-order valence-corrected chi connectivity index (χ3v) is 6.85. The number of aromatic nitrogens is 1. The second-order valence-electron chi connectivity index (χ2n) is 13.8. The molecule has 0 saturated carbocycles. The summed E-state index contributed by atoms with van der Waals surface area (Å²) in [7, 11) is -0.861. The second kappa shape index (κ2) is 19.6. The van der Waals surface area contributed by atoms with Gasteiger partial charge in [-0.05, 0) is 35.8 Å². The zero-order valence-electron chi connectivity index (χ0n) is 29.5. The Hall–Kier alpha value is -2.88. The van der Waals surface area contributed by atoms with E-state index in [1.165, 1.54) is 22.3 Å². The van der Waals surface area contributed by atoms with Crippen LogP contribution in [0.15, 0.2) is 97.3 Å². The van der Waals surface area contributed by atoms with Crippen LogP contribution in [0.25, 0.3) is 10.6 Å². The van der Waals surface area contributed by atoms with Crippen LogP contribution in [-0.2, 0) is 16.5 Å². The maximum Gasteiger partial charge on any atom is 3.00 e. The Balaban J connectivity index is 0.000000713. The minimum atomic E-state index is -0.861. The van der Waals surface area contributed by atoms with E-state index < -0.39 is 8.07 Å². The van der Waals surface area contributed by atoms with Crippen LogP contribution < -0.4 is 0 Å². The molecule has 1 radical (unpaired) electrons. The molecule has 0 aliphatic carbocycles. The molecule has 4 rings (SSSR count). The van der Waals surface area contributed by atoms with E-state index in [1.807, 2.05) is 18.2 Å². The summed E-state index contributed by atoms with van der Waals surface area (Å²) < 4.78 is 0. The Kier molecular flexibility index (Phi) is 17.5. The quantitative estimate of drug-likeness (QED) is 0.130. The smallest absolute Gasteiger partial charge is 0.693 e. The summed E-state index contributed by atoms with van der Waals surface area (Å²) in [5, 5.41) is 10.8. The van der Waals surface area contributed by atoms with Gasteiger partial charge in [0.25, 0.3) is 0 Å². The molecular formula is C40H56N3NiSi. The molecule has 245 valence electrons. The van der Waals surface area contributed by atoms with Gasteiger partial charge in [-0.2, -0.15) is 6.17 Å². The van der Waals surface area contributed by atoms with Gasteiger partial charge >= 0.3 is 16.5 Å². The molecule has 0 amide bonds. The standard InChI is InChI=1S/C31H40N2.C5H5N.C4H11Si.Ni/c1-20(2)25-16-12-17-26(21(3)4)29(25)32-31(24-14-10-9-11-15-24)33-30-27(22(5)6)18-13-19-28(30)23(7)8;1-2-4-6-5-3-1;1-5(2,3)4;/h9-23,31H,1-8H3;1-5H;1H2,2-4H3;/q-2;;-1;+3. The van der Waals surface area contributed by atoms with E-state index in [0.717, 1.165) is 16.9 Å². The molecule has 1 aromatic heterocycles. The van der Waals surface area contributed by atoms with Crippen LogP contribution in [0.1, 0.15) is 113 Å². The monoisotopic (exact) mass is 664 g/mol. The molecule has 0 spiro atoms. The average molecular weight is 666 g/mol. The Morgan fingerprint density at radius 1 is 0.511 bits per heavy atom. The van der Waals surface area contributed by atoms with Gasteiger partial charge in [-0.15, -0.1) is 19.4 Å². The van der Waals surface area contributed by atoms with Crippen LogP contribution in [0.2, 0.25) is 19.6 Å². The molecule has 0 fully saturated rings. The molecule has 0 bridgehead atoms. The molecule has 1 heterocycles. The fraction of sp³-hybridized carbons (Fsp3) is 0.400. The topological polar surface area (TPSA) is 41.1 Å². The van der Waals surface area contributed by atoms with E-state index in [9.17, 15) is 0 Å². The number of para-hydroxylation sites is 2. The van der Waals surface area contributed by atoms with Crippen molar-refractivity contribution in [2.75, 3.05) is 0 Å². The molecule has 5 heteroatoms. The maximum absolute atomic E-state index is 5.40. The molecule has 0 unspecified atom stereocenters. The van der Waals surface area contributed by atoms with Gasteiger partial charge in [0.15, 0.2) is 0 Å². The zero-order valence-corrected chi connectivity index (χ0v) is 31.5. The van der Waals surface area contributed by atoms with Crippen molar-refractivity contribution in [2.45, 2.75) is 105 Å². The fourth-order valence-corrected chi connectivity index (χ4v) is 4.68. The van der Waals surface area contributed by atoms with Gasteiger partial charge in [0.05, 0.1) is 0 Å². The SMILES string of the molecule is CC(C)c1cccc(C(C)C)c1[N-]C([N-]c1c(C(C)C)cccc1C(C)C)c1ccccc1.[CH2-][Si](C)(C)C.[Ni+3].c1ccncc1. The van der Waals surface area contributed by atoms with Crippen molar-refractivity contribution in [3.05, 3.63) is 142 Å². The Labute approximate surface area is 287 Å². The van der Waals surface area contributed by atoms with E-state index in [-0.39, 0.29) is 22.7 Å². The van der Waals surface area contributed by atoms with Crippen LogP contribution >= 0.6 is 0 Å². The van der Waals surface area contributed by atoms with Gasteiger partial charge in [-0.1, -0.05) is 176 Å². The largest absolute Gasteiger partial charge is 3.00 e. The summed E-state index contributed by atoms with van der Waals surface area (Å²) in [6.45, 7) is 28.5. The van der Waals surface area contributed by atoms with Gasteiger partial charge in [-0.25, -0.2) is 0 Å². The Morgan fingerprint density at radius 2 is 0.822 bits per heavy atom. The first-order valence-electron chi connectivity index (χ1n) is 16.1. The first kappa shape index (κ1) is 40.1. The minimum absolute atomic E-state index is 0. The van der Waals surface area contributed by atoms with Crippen molar-refractivity contribution < 1.29 is 16.5 Å². The van der Waals surface area contributed by atoms with E-state index in [0.29, 0.717) is 23.7 Å². The molecule has 4 aromatic rings. The van der Waals surface area contributed by atoms with Gasteiger partial charge in [0.1, 0.15) is 0 Å². The zero-order chi connectivity index (χ0) is 32.9. The van der Waals surface area contributed by atoms with Crippen molar-refractivity contribution in [3.63, 3.8) is 0 Å². The van der Waals surface area contributed by atoms with E-state index >= 15 is 0 Å². The Morgan fingerprint density at radius 3 is 1.07 bits per heavy atom. The number of rotatable bonds is 9. The van der Waals surface area contributed by atoms with Crippen molar-refractivity contribution >= 4 is 19.4 Å². The van der Waals surface area contributed by atoms with E-state index in [1.54, 1.807) is 12.4 Å². The van der Waals surface area contributed by atoms with Crippen LogP contribution in [0.5, 0.6) is 0 Å². The van der Waals surface area contributed by atoms with Gasteiger partial charge in [0, 0.05) is 12.4 Å². The molecule has 0 aliphatic heterocycles. The van der Waals surface area contributed by atoms with Gasteiger partial charge in [0.2, 0.25) is 0 Å². The molecule has 0 N–H and O–H groups in total. The van der Waals surface area contributed by atoms with Crippen LogP contribution in [-0.4, -0.2) is 13.1 Å². The summed E-state index contributed by atoms with van der Waals surface area (Å²) >= 11 is 0. The van der Waals surface area contributed by atoms with E-state index in [4.69, 9.17) is 10.6 Å². The maximum atomic E-state index is 5.40. The number of nitrogens with zero attached hydrogens (tertiary/aromatic N) is 3. The predicted molar refractivity (Wildman–Crippen MR) is 197 cm³/mol. The summed E-state index contributed by atoms with van der Waals surface area (Å²) in [6.07, 6.45) is 3.21. The normalized spacial score (nSPS) is 11.0. The van der Waals surface area contributed by atoms with Gasteiger partial charge < -0.3 is 17.2 Å². The summed E-state index contributed by atoms with van der Waals surface area (Å²) in [6, 6.07) is 29.5. The molecule has 0 atom stereocenters. The van der Waals surface area contributed by atoms with Gasteiger partial charge in [-0.3, -0.25) is 4.98 Å². The second-order valence-corrected chi connectivity index (χ2v) is 18.9.